The lowest BCUT2D eigenvalue weighted by atomic mass is 10.2. The van der Waals surface area contributed by atoms with Crippen LogP contribution in [0.1, 0.15) is 12.8 Å². The molecular formula is C11H28N6O. The Labute approximate surface area is 109 Å². The normalized spacial score (nSPS) is 17.0. The number of carbonyl (C=O) groups is 1. The summed E-state index contributed by atoms with van der Waals surface area (Å²) in [6.07, 6.45) is 2.26. The van der Waals surface area contributed by atoms with E-state index in [0.29, 0.717) is 0 Å². The lowest BCUT2D eigenvalue weighted by molar-refractivity contribution is 0.131. The Hall–Kier alpha value is -0.890. The van der Waals surface area contributed by atoms with E-state index in [9.17, 15) is 0 Å². The fourth-order valence-corrected chi connectivity index (χ4v) is 1.87. The van der Waals surface area contributed by atoms with Crippen LogP contribution in [-0.2, 0) is 0 Å². The van der Waals surface area contributed by atoms with Gasteiger partial charge in [0, 0.05) is 26.2 Å². The average molecular weight is 260 g/mol. The first-order valence-corrected chi connectivity index (χ1v) is 6.50. The zero-order chi connectivity index (χ0) is 13.8. The quantitative estimate of drug-likeness (QED) is 0.454. The second-order valence-electron chi connectivity index (χ2n) is 4.37. The molecular weight excluding hydrogens is 232 g/mol. The number of piperazine rings is 1. The number of carbonyl (C=O) groups excluding carboxylic acids is 1. The third-order valence-corrected chi connectivity index (χ3v) is 2.82. The molecule has 0 aromatic heterocycles. The van der Waals surface area contributed by atoms with Crippen molar-refractivity contribution >= 4 is 6.03 Å². The van der Waals surface area contributed by atoms with Gasteiger partial charge in [0.15, 0.2) is 0 Å². The molecule has 2 amide bonds. The molecule has 18 heavy (non-hydrogen) atoms. The molecule has 8 N–H and O–H groups in total. The Morgan fingerprint density at radius 1 is 0.833 bits per heavy atom. The maximum Gasteiger partial charge on any atom is 0.309 e. The maximum atomic E-state index is 9.00. The first kappa shape index (κ1) is 17.1. The summed E-state index contributed by atoms with van der Waals surface area (Å²) in [5.74, 6) is 0. The predicted molar refractivity (Wildman–Crippen MR) is 74.0 cm³/mol. The van der Waals surface area contributed by atoms with Gasteiger partial charge in [-0.1, -0.05) is 0 Å². The predicted octanol–water partition coefficient (Wildman–Crippen LogP) is -1.67. The second kappa shape index (κ2) is 11.2. The largest absolute Gasteiger partial charge is 0.352 e. The first-order chi connectivity index (χ1) is 8.60. The number of urea groups is 1. The highest BCUT2D eigenvalue weighted by Gasteiger charge is 2.15. The number of nitrogens with two attached hydrogens (primary N) is 4. The van der Waals surface area contributed by atoms with E-state index in [1.54, 1.807) is 0 Å². The number of amides is 2. The Balaban J connectivity index is 0.000000631. The molecule has 1 aliphatic rings. The molecule has 0 aliphatic carbocycles. The molecule has 1 rings (SSSR count). The van der Waals surface area contributed by atoms with E-state index in [1.165, 1.54) is 39.3 Å². The van der Waals surface area contributed by atoms with Gasteiger partial charge in [-0.2, -0.15) is 0 Å². The summed E-state index contributed by atoms with van der Waals surface area (Å²) in [4.78, 5) is 14.0. The number of hydrogen-bond acceptors (Lipinski definition) is 5. The van der Waals surface area contributed by atoms with Crippen LogP contribution in [0, 0.1) is 0 Å². The molecule has 7 heteroatoms. The highest BCUT2D eigenvalue weighted by atomic mass is 16.2. The topological polar surface area (TPSA) is 128 Å². The maximum absolute atomic E-state index is 9.00. The first-order valence-electron chi connectivity index (χ1n) is 6.50. The van der Waals surface area contributed by atoms with Gasteiger partial charge in [-0.3, -0.25) is 0 Å². The smallest absolute Gasteiger partial charge is 0.309 e. The number of nitrogens with zero attached hydrogens (tertiary/aromatic N) is 2. The van der Waals surface area contributed by atoms with Crippen molar-refractivity contribution in [3.8, 4) is 0 Å². The fourth-order valence-electron chi connectivity index (χ4n) is 1.87. The van der Waals surface area contributed by atoms with Crippen LogP contribution in [0.25, 0.3) is 0 Å². The van der Waals surface area contributed by atoms with E-state index in [4.69, 9.17) is 16.3 Å². The Morgan fingerprint density at radius 3 is 1.33 bits per heavy atom. The third kappa shape index (κ3) is 10.3. The van der Waals surface area contributed by atoms with E-state index in [-0.39, 0.29) is 0 Å². The number of rotatable bonds is 6. The van der Waals surface area contributed by atoms with Gasteiger partial charge in [-0.05, 0) is 39.0 Å². The molecule has 0 unspecified atom stereocenters. The van der Waals surface area contributed by atoms with Gasteiger partial charge < -0.3 is 32.7 Å². The van der Waals surface area contributed by atoms with Crippen molar-refractivity contribution in [3.63, 3.8) is 0 Å². The van der Waals surface area contributed by atoms with Crippen LogP contribution in [0.15, 0.2) is 0 Å². The molecule has 1 aliphatic heterocycles. The molecule has 1 saturated heterocycles. The fraction of sp³-hybridized carbons (Fsp3) is 0.909. The molecule has 1 heterocycles. The Morgan fingerprint density at radius 2 is 1.11 bits per heavy atom. The molecule has 0 radical (unpaired) electrons. The summed E-state index contributed by atoms with van der Waals surface area (Å²) < 4.78 is 0. The Bertz CT molecular complexity index is 186. The van der Waals surface area contributed by atoms with Crippen LogP contribution in [0.4, 0.5) is 4.79 Å². The molecule has 7 nitrogen and oxygen atoms in total. The van der Waals surface area contributed by atoms with Crippen LogP contribution in [0.2, 0.25) is 0 Å². The summed E-state index contributed by atoms with van der Waals surface area (Å²) in [5, 5.41) is 0. The molecule has 108 valence electrons. The summed E-state index contributed by atoms with van der Waals surface area (Å²) in [5.41, 5.74) is 19.5. The average Bonchev–Trinajstić information content (AvgIpc) is 2.34. The van der Waals surface area contributed by atoms with Gasteiger partial charge in [0.2, 0.25) is 0 Å². The van der Waals surface area contributed by atoms with E-state index in [0.717, 1.165) is 25.9 Å². The summed E-state index contributed by atoms with van der Waals surface area (Å²) in [6.45, 7) is 8.76. The summed E-state index contributed by atoms with van der Waals surface area (Å²) in [6, 6.07) is -0.833. The van der Waals surface area contributed by atoms with Gasteiger partial charge in [0.05, 0.1) is 0 Å². The van der Waals surface area contributed by atoms with Crippen molar-refractivity contribution in [1.29, 1.82) is 0 Å². The molecule has 0 atom stereocenters. The van der Waals surface area contributed by atoms with Crippen LogP contribution in [0.3, 0.4) is 0 Å². The van der Waals surface area contributed by atoms with E-state index >= 15 is 0 Å². The van der Waals surface area contributed by atoms with Gasteiger partial charge in [0.25, 0.3) is 0 Å². The van der Waals surface area contributed by atoms with Crippen molar-refractivity contribution < 1.29 is 4.79 Å². The van der Waals surface area contributed by atoms with E-state index in [1.807, 2.05) is 0 Å². The SMILES string of the molecule is NC(N)=O.NCCCN1CCN(CCCN)CC1. The van der Waals surface area contributed by atoms with Gasteiger partial charge in [-0.15, -0.1) is 0 Å². The van der Waals surface area contributed by atoms with Crippen LogP contribution in [0.5, 0.6) is 0 Å². The molecule has 1 fully saturated rings. The molecule has 0 spiro atoms. The summed E-state index contributed by atoms with van der Waals surface area (Å²) >= 11 is 0. The minimum absolute atomic E-state index is 0.813. The minimum atomic E-state index is -0.833. The third-order valence-electron chi connectivity index (χ3n) is 2.82. The monoisotopic (exact) mass is 260 g/mol. The molecule has 0 bridgehead atoms. The molecule has 0 aromatic rings. The van der Waals surface area contributed by atoms with Crippen molar-refractivity contribution in [2.45, 2.75) is 12.8 Å². The zero-order valence-electron chi connectivity index (χ0n) is 11.2. The van der Waals surface area contributed by atoms with Crippen molar-refractivity contribution in [2.24, 2.45) is 22.9 Å². The second-order valence-corrected chi connectivity index (χ2v) is 4.37. The van der Waals surface area contributed by atoms with Crippen molar-refractivity contribution in [3.05, 3.63) is 0 Å². The van der Waals surface area contributed by atoms with Crippen LogP contribution < -0.4 is 22.9 Å². The Kier molecular flexibility index (Phi) is 10.7. The van der Waals surface area contributed by atoms with Crippen LogP contribution >= 0.6 is 0 Å². The zero-order valence-corrected chi connectivity index (χ0v) is 11.2. The standard InChI is InChI=1S/C10H24N4.CH4N2O/c11-3-1-5-13-7-9-14(10-8-13)6-2-4-12;2-1(3)4/h1-12H2;(H4,2,3,4). The number of hydrogen-bond donors (Lipinski definition) is 4. The lowest BCUT2D eigenvalue weighted by Crippen LogP contribution is -2.47. The lowest BCUT2D eigenvalue weighted by Gasteiger charge is -2.34. The van der Waals surface area contributed by atoms with Crippen LogP contribution in [-0.4, -0.2) is 68.2 Å². The van der Waals surface area contributed by atoms with Gasteiger partial charge >= 0.3 is 6.03 Å². The number of primary amides is 2. The molecule has 0 saturated carbocycles. The highest BCUT2D eigenvalue weighted by molar-refractivity contribution is 5.69. The highest BCUT2D eigenvalue weighted by Crippen LogP contribution is 2.02. The van der Waals surface area contributed by atoms with Crippen molar-refractivity contribution in [2.75, 3.05) is 52.4 Å². The minimum Gasteiger partial charge on any atom is -0.352 e. The van der Waals surface area contributed by atoms with Crippen molar-refractivity contribution in [1.82, 2.24) is 9.80 Å². The van der Waals surface area contributed by atoms with E-state index in [2.05, 4.69) is 21.3 Å². The molecule has 0 aromatic carbocycles. The van der Waals surface area contributed by atoms with Gasteiger partial charge in [-0.25, -0.2) is 4.79 Å². The van der Waals surface area contributed by atoms with E-state index < -0.39 is 6.03 Å². The summed E-state index contributed by atoms with van der Waals surface area (Å²) in [7, 11) is 0. The van der Waals surface area contributed by atoms with Gasteiger partial charge in [0.1, 0.15) is 0 Å².